The smallest absolute Gasteiger partial charge is 0.187 e. The summed E-state index contributed by atoms with van der Waals surface area (Å²) in [5, 5.41) is 9.92. The number of nitrogens with two attached hydrogens (primary N) is 1. The van der Waals surface area contributed by atoms with Gasteiger partial charge in [-0.05, 0) is 18.6 Å². The van der Waals surface area contributed by atoms with Gasteiger partial charge in [0.05, 0.1) is 0 Å². The number of aliphatic hydroxyl groups is 1. The molecule has 0 amide bonds. The van der Waals surface area contributed by atoms with Crippen molar-refractivity contribution in [2.24, 2.45) is 0 Å². The van der Waals surface area contributed by atoms with Crippen molar-refractivity contribution >= 4 is 5.82 Å². The third kappa shape index (κ3) is 2.65. The second-order valence-corrected chi connectivity index (χ2v) is 3.27. The number of aryl methyl sites for hydroxylation is 1. The molecule has 1 aromatic rings. The lowest BCUT2D eigenvalue weighted by molar-refractivity contribution is -0.166. The van der Waals surface area contributed by atoms with Crippen LogP contribution in [-0.4, -0.2) is 30.6 Å². The van der Waals surface area contributed by atoms with Gasteiger partial charge in [-0.25, -0.2) is 4.98 Å². The van der Waals surface area contributed by atoms with Crippen molar-refractivity contribution < 1.29 is 14.6 Å². The zero-order valence-electron chi connectivity index (χ0n) is 9.10. The van der Waals surface area contributed by atoms with Gasteiger partial charge in [-0.1, -0.05) is 0 Å². The lowest BCUT2D eigenvalue weighted by Crippen LogP contribution is -2.24. The summed E-state index contributed by atoms with van der Waals surface area (Å²) in [5.41, 5.74) is 7.09. The van der Waals surface area contributed by atoms with E-state index in [1.54, 1.807) is 12.3 Å². The number of hydrogen-bond donors (Lipinski definition) is 2. The van der Waals surface area contributed by atoms with E-state index in [2.05, 4.69) is 4.98 Å². The Morgan fingerprint density at radius 2 is 2.00 bits per heavy atom. The molecule has 1 unspecified atom stereocenters. The first kappa shape index (κ1) is 11.9. The highest BCUT2D eigenvalue weighted by Gasteiger charge is 2.22. The molecule has 0 fully saturated rings. The molecule has 1 atom stereocenters. The monoisotopic (exact) mass is 212 g/mol. The number of methoxy groups -OCH3 is 2. The van der Waals surface area contributed by atoms with Crippen molar-refractivity contribution in [3.8, 4) is 0 Å². The average molecular weight is 212 g/mol. The van der Waals surface area contributed by atoms with Crippen LogP contribution in [0, 0.1) is 6.92 Å². The van der Waals surface area contributed by atoms with Gasteiger partial charge in [-0.15, -0.1) is 0 Å². The lowest BCUT2D eigenvalue weighted by Gasteiger charge is -2.21. The molecule has 0 saturated heterocycles. The van der Waals surface area contributed by atoms with Crippen LogP contribution >= 0.6 is 0 Å². The zero-order chi connectivity index (χ0) is 11.4. The van der Waals surface area contributed by atoms with Gasteiger partial charge in [0, 0.05) is 26.0 Å². The fourth-order valence-electron chi connectivity index (χ4n) is 1.34. The first-order chi connectivity index (χ1) is 7.10. The van der Waals surface area contributed by atoms with E-state index in [0.717, 1.165) is 5.56 Å². The van der Waals surface area contributed by atoms with Crippen LogP contribution in [-0.2, 0) is 9.47 Å². The summed E-state index contributed by atoms with van der Waals surface area (Å²) < 4.78 is 9.91. The molecule has 84 valence electrons. The molecule has 1 rings (SSSR count). The van der Waals surface area contributed by atoms with Crippen LogP contribution in [0.1, 0.15) is 17.2 Å². The Labute approximate surface area is 88.8 Å². The Morgan fingerprint density at radius 1 is 1.40 bits per heavy atom. The van der Waals surface area contributed by atoms with Crippen LogP contribution in [0.4, 0.5) is 5.82 Å². The summed E-state index contributed by atoms with van der Waals surface area (Å²) in [6.07, 6.45) is -0.0384. The summed E-state index contributed by atoms with van der Waals surface area (Å²) in [5.74, 6) is 0.284. The standard InChI is InChI=1S/C10H16N2O3/c1-6-4-7(9(11)12-5-6)8(13)10(14-2)15-3/h4-5,8,10,13H,1-3H3,(H2,11,12). The number of nitrogen functional groups attached to an aromatic ring is 1. The second kappa shape index (κ2) is 5.06. The molecular formula is C10H16N2O3. The van der Waals surface area contributed by atoms with Crippen LogP contribution in [0.25, 0.3) is 0 Å². The number of hydrogen-bond acceptors (Lipinski definition) is 5. The molecular weight excluding hydrogens is 196 g/mol. The molecule has 0 aromatic carbocycles. The minimum absolute atomic E-state index is 0.284. The number of nitrogens with zero attached hydrogens (tertiary/aromatic N) is 1. The Hall–Kier alpha value is -1.17. The first-order valence-corrected chi connectivity index (χ1v) is 4.55. The van der Waals surface area contributed by atoms with Crippen LogP contribution in [0.3, 0.4) is 0 Å². The summed E-state index contributed by atoms with van der Waals surface area (Å²) in [7, 11) is 2.91. The van der Waals surface area contributed by atoms with Crippen LogP contribution in [0.15, 0.2) is 12.3 Å². The fourth-order valence-corrected chi connectivity index (χ4v) is 1.34. The Morgan fingerprint density at radius 3 is 2.53 bits per heavy atom. The molecule has 1 aromatic heterocycles. The molecule has 0 saturated carbocycles. The van der Waals surface area contributed by atoms with Gasteiger partial charge < -0.3 is 20.3 Å². The summed E-state index contributed by atoms with van der Waals surface area (Å²) in [6, 6.07) is 1.76. The van der Waals surface area contributed by atoms with Gasteiger partial charge in [0.2, 0.25) is 0 Å². The maximum Gasteiger partial charge on any atom is 0.187 e. The molecule has 5 heteroatoms. The third-order valence-corrected chi connectivity index (χ3v) is 2.13. The first-order valence-electron chi connectivity index (χ1n) is 4.55. The Kier molecular flexibility index (Phi) is 4.02. The van der Waals surface area contributed by atoms with Gasteiger partial charge in [0.25, 0.3) is 0 Å². The number of rotatable bonds is 4. The van der Waals surface area contributed by atoms with Crippen LogP contribution in [0.2, 0.25) is 0 Å². The zero-order valence-corrected chi connectivity index (χ0v) is 9.10. The van der Waals surface area contributed by atoms with E-state index in [-0.39, 0.29) is 5.82 Å². The van der Waals surface area contributed by atoms with Gasteiger partial charge >= 0.3 is 0 Å². The van der Waals surface area contributed by atoms with Gasteiger partial charge in [-0.2, -0.15) is 0 Å². The fraction of sp³-hybridized carbons (Fsp3) is 0.500. The lowest BCUT2D eigenvalue weighted by atomic mass is 10.1. The quantitative estimate of drug-likeness (QED) is 0.715. The van der Waals surface area contributed by atoms with Crippen molar-refractivity contribution in [2.75, 3.05) is 20.0 Å². The van der Waals surface area contributed by atoms with Crippen molar-refractivity contribution in [1.29, 1.82) is 0 Å². The van der Waals surface area contributed by atoms with Crippen LogP contribution in [0.5, 0.6) is 0 Å². The number of pyridine rings is 1. The van der Waals surface area contributed by atoms with Gasteiger partial charge in [-0.3, -0.25) is 0 Å². The molecule has 3 N–H and O–H groups in total. The number of ether oxygens (including phenoxy) is 2. The van der Waals surface area contributed by atoms with E-state index in [9.17, 15) is 5.11 Å². The van der Waals surface area contributed by atoms with Crippen molar-refractivity contribution in [3.05, 3.63) is 23.4 Å². The molecule has 15 heavy (non-hydrogen) atoms. The van der Waals surface area contributed by atoms with E-state index in [1.807, 2.05) is 6.92 Å². The minimum atomic E-state index is -0.938. The Bertz CT molecular complexity index is 326. The highest BCUT2D eigenvalue weighted by molar-refractivity contribution is 5.42. The molecule has 0 aliphatic carbocycles. The van der Waals surface area contributed by atoms with E-state index in [4.69, 9.17) is 15.2 Å². The molecule has 0 spiro atoms. The summed E-state index contributed by atoms with van der Waals surface area (Å²) >= 11 is 0. The number of aliphatic hydroxyl groups excluding tert-OH is 1. The largest absolute Gasteiger partial charge is 0.383 e. The normalized spacial score (nSPS) is 13.1. The number of anilines is 1. The van der Waals surface area contributed by atoms with Crippen molar-refractivity contribution in [3.63, 3.8) is 0 Å². The van der Waals surface area contributed by atoms with E-state index < -0.39 is 12.4 Å². The van der Waals surface area contributed by atoms with E-state index in [1.165, 1.54) is 14.2 Å². The van der Waals surface area contributed by atoms with E-state index >= 15 is 0 Å². The predicted molar refractivity (Wildman–Crippen MR) is 56.2 cm³/mol. The highest BCUT2D eigenvalue weighted by Crippen LogP contribution is 2.24. The molecule has 0 aliphatic rings. The molecule has 0 aliphatic heterocycles. The molecule has 0 bridgehead atoms. The summed E-state index contributed by atoms with van der Waals surface area (Å²) in [4.78, 5) is 3.96. The SMILES string of the molecule is COC(OC)C(O)c1cc(C)cnc1N. The molecule has 0 radical (unpaired) electrons. The minimum Gasteiger partial charge on any atom is -0.383 e. The molecule has 5 nitrogen and oxygen atoms in total. The predicted octanol–water partition coefficient (Wildman–Crippen LogP) is 0.625. The Balaban J connectivity index is 2.98. The average Bonchev–Trinajstić information content (AvgIpc) is 2.23. The second-order valence-electron chi connectivity index (χ2n) is 3.27. The number of aromatic nitrogens is 1. The van der Waals surface area contributed by atoms with Crippen molar-refractivity contribution in [1.82, 2.24) is 4.98 Å². The highest BCUT2D eigenvalue weighted by atomic mass is 16.7. The third-order valence-electron chi connectivity index (χ3n) is 2.13. The van der Waals surface area contributed by atoms with Crippen LogP contribution < -0.4 is 5.73 Å². The molecule has 1 heterocycles. The summed E-state index contributed by atoms with van der Waals surface area (Å²) in [6.45, 7) is 1.87. The van der Waals surface area contributed by atoms with Crippen molar-refractivity contribution in [2.45, 2.75) is 19.3 Å². The van der Waals surface area contributed by atoms with Gasteiger partial charge in [0.15, 0.2) is 6.29 Å². The maximum atomic E-state index is 9.92. The van der Waals surface area contributed by atoms with Gasteiger partial charge in [0.1, 0.15) is 11.9 Å². The topological polar surface area (TPSA) is 77.6 Å². The maximum absolute atomic E-state index is 9.92. The van der Waals surface area contributed by atoms with E-state index in [0.29, 0.717) is 5.56 Å².